The van der Waals surface area contributed by atoms with Gasteiger partial charge in [-0.15, -0.1) is 22.7 Å². The Balaban J connectivity index is 1.66. The minimum Gasteiger partial charge on any atom is -0.309 e. The highest BCUT2D eigenvalue weighted by Crippen LogP contribution is 2.34. The van der Waals surface area contributed by atoms with Crippen molar-refractivity contribution < 1.29 is 0 Å². The Kier molecular flexibility index (Phi) is 4.72. The van der Waals surface area contributed by atoms with Crippen molar-refractivity contribution in [3.05, 3.63) is 75.0 Å². The van der Waals surface area contributed by atoms with Crippen LogP contribution >= 0.6 is 22.7 Å². The summed E-state index contributed by atoms with van der Waals surface area (Å²) in [5.74, 6) is 0.709. The van der Waals surface area contributed by atoms with Gasteiger partial charge in [0.15, 0.2) is 0 Å². The largest absolute Gasteiger partial charge is 0.309 e. The first kappa shape index (κ1) is 17.1. The number of nitrogens with one attached hydrogen (secondary N) is 1. The molecule has 1 atom stereocenters. The van der Waals surface area contributed by atoms with Gasteiger partial charge in [-0.25, -0.2) is 4.98 Å². The molecule has 0 saturated carbocycles. The van der Waals surface area contributed by atoms with Gasteiger partial charge in [-0.1, -0.05) is 36.4 Å². The number of hydrogen-bond donors (Lipinski definition) is 1. The zero-order valence-corrected chi connectivity index (χ0v) is 16.2. The van der Waals surface area contributed by atoms with E-state index in [1.165, 1.54) is 16.9 Å². The lowest BCUT2D eigenvalue weighted by atomic mass is 10.2. The fraction of sp³-hybridized carbons (Fsp3) is 0.200. The number of aromatic amines is 1. The molecule has 6 heteroatoms. The summed E-state index contributed by atoms with van der Waals surface area (Å²) in [7, 11) is 2.05. The molecule has 26 heavy (non-hydrogen) atoms. The van der Waals surface area contributed by atoms with Crippen molar-refractivity contribution in [2.45, 2.75) is 19.5 Å². The summed E-state index contributed by atoms with van der Waals surface area (Å²) in [6.07, 6.45) is 0. The van der Waals surface area contributed by atoms with E-state index >= 15 is 0 Å². The molecule has 0 amide bonds. The maximum Gasteiger partial charge on any atom is 0.260 e. The molecule has 0 radical (unpaired) electrons. The lowest BCUT2D eigenvalue weighted by molar-refractivity contribution is 0.244. The van der Waals surface area contributed by atoms with Crippen LogP contribution in [0.3, 0.4) is 0 Å². The molecule has 0 saturated heterocycles. The van der Waals surface area contributed by atoms with E-state index in [-0.39, 0.29) is 11.6 Å². The molecule has 3 aromatic heterocycles. The predicted octanol–water partition coefficient (Wildman–Crippen LogP) is 4.91. The molecule has 3 heterocycles. The second-order valence-electron chi connectivity index (χ2n) is 6.33. The molecule has 0 fully saturated rings. The number of rotatable bonds is 5. The number of nitrogens with zero attached hydrogens (tertiary/aromatic N) is 2. The molecule has 0 aliphatic carbocycles. The second kappa shape index (κ2) is 7.15. The van der Waals surface area contributed by atoms with Gasteiger partial charge in [0.25, 0.3) is 5.56 Å². The lowest BCUT2D eigenvalue weighted by Gasteiger charge is -2.23. The van der Waals surface area contributed by atoms with E-state index in [1.54, 1.807) is 11.3 Å². The van der Waals surface area contributed by atoms with E-state index in [0.717, 1.165) is 21.8 Å². The zero-order chi connectivity index (χ0) is 18.1. The highest BCUT2D eigenvalue weighted by molar-refractivity contribution is 7.18. The maximum absolute atomic E-state index is 12.8. The molecule has 0 unspecified atom stereocenters. The van der Waals surface area contributed by atoms with Crippen LogP contribution < -0.4 is 5.56 Å². The topological polar surface area (TPSA) is 49.0 Å². The summed E-state index contributed by atoms with van der Waals surface area (Å²) in [5.41, 5.74) is 2.15. The number of thiophene rings is 2. The van der Waals surface area contributed by atoms with Gasteiger partial charge in [-0.2, -0.15) is 0 Å². The Morgan fingerprint density at radius 1 is 1.15 bits per heavy atom. The Labute approximate surface area is 159 Å². The van der Waals surface area contributed by atoms with Crippen LogP contribution in [0.4, 0.5) is 0 Å². The highest BCUT2D eigenvalue weighted by atomic mass is 32.1. The van der Waals surface area contributed by atoms with Gasteiger partial charge in [0.2, 0.25) is 0 Å². The van der Waals surface area contributed by atoms with Crippen LogP contribution in [-0.2, 0) is 6.54 Å². The average Bonchev–Trinajstić information content (AvgIpc) is 3.31. The molecule has 0 spiro atoms. The number of H-pyrrole nitrogens is 1. The van der Waals surface area contributed by atoms with Crippen molar-refractivity contribution in [1.82, 2.24) is 14.9 Å². The van der Waals surface area contributed by atoms with Gasteiger partial charge in [-0.05, 0) is 31.0 Å². The number of aromatic nitrogens is 2. The van der Waals surface area contributed by atoms with E-state index in [0.29, 0.717) is 11.2 Å². The quantitative estimate of drug-likeness (QED) is 0.534. The van der Waals surface area contributed by atoms with E-state index < -0.39 is 0 Å². The molecule has 0 aliphatic heterocycles. The summed E-state index contributed by atoms with van der Waals surface area (Å²) in [6.45, 7) is 2.87. The van der Waals surface area contributed by atoms with Crippen molar-refractivity contribution in [3.63, 3.8) is 0 Å². The SMILES string of the molecule is C[C@@H](c1nc2scc(-c3cccs3)c2c(=O)[nH]1)N(C)Cc1ccccc1. The van der Waals surface area contributed by atoms with Crippen molar-refractivity contribution in [2.75, 3.05) is 7.05 Å². The lowest BCUT2D eigenvalue weighted by Crippen LogP contribution is -2.25. The maximum atomic E-state index is 12.8. The monoisotopic (exact) mass is 381 g/mol. The summed E-state index contributed by atoms with van der Waals surface area (Å²) < 4.78 is 0. The van der Waals surface area contributed by atoms with E-state index in [1.807, 2.05) is 48.1 Å². The average molecular weight is 382 g/mol. The minimum atomic E-state index is -0.0605. The second-order valence-corrected chi connectivity index (χ2v) is 8.14. The molecule has 0 bridgehead atoms. The molecule has 1 aromatic carbocycles. The molecule has 1 N–H and O–H groups in total. The molecule has 4 aromatic rings. The first-order valence-corrected chi connectivity index (χ1v) is 10.2. The molecular weight excluding hydrogens is 362 g/mol. The van der Waals surface area contributed by atoms with E-state index in [9.17, 15) is 4.79 Å². The molecule has 0 aliphatic rings. The third-order valence-corrected chi connectivity index (χ3v) is 6.36. The van der Waals surface area contributed by atoms with Crippen LogP contribution in [0.25, 0.3) is 20.7 Å². The molecule has 4 nitrogen and oxygen atoms in total. The van der Waals surface area contributed by atoms with E-state index in [2.05, 4.69) is 28.9 Å². The van der Waals surface area contributed by atoms with Crippen molar-refractivity contribution >= 4 is 32.9 Å². The van der Waals surface area contributed by atoms with Gasteiger partial charge in [0.05, 0.1) is 11.4 Å². The third-order valence-electron chi connectivity index (χ3n) is 4.58. The molecule has 132 valence electrons. The Morgan fingerprint density at radius 2 is 1.96 bits per heavy atom. The zero-order valence-electron chi connectivity index (χ0n) is 14.6. The van der Waals surface area contributed by atoms with Crippen LogP contribution in [0.5, 0.6) is 0 Å². The first-order valence-electron chi connectivity index (χ1n) is 8.43. The molecular formula is C20H19N3OS2. The van der Waals surface area contributed by atoms with Gasteiger partial charge < -0.3 is 4.98 Å². The van der Waals surface area contributed by atoms with Crippen LogP contribution in [0.15, 0.2) is 58.0 Å². The van der Waals surface area contributed by atoms with Gasteiger partial charge in [-0.3, -0.25) is 9.69 Å². The van der Waals surface area contributed by atoms with Crippen molar-refractivity contribution in [1.29, 1.82) is 0 Å². The number of hydrogen-bond acceptors (Lipinski definition) is 5. The Bertz CT molecular complexity index is 1070. The Hall–Kier alpha value is -2.28. The fourth-order valence-corrected chi connectivity index (χ4v) is 4.76. The summed E-state index contributed by atoms with van der Waals surface area (Å²) >= 11 is 3.17. The Morgan fingerprint density at radius 3 is 2.69 bits per heavy atom. The van der Waals surface area contributed by atoms with Gasteiger partial charge in [0.1, 0.15) is 10.7 Å². The summed E-state index contributed by atoms with van der Waals surface area (Å²) in [4.78, 5) is 24.6. The van der Waals surface area contributed by atoms with E-state index in [4.69, 9.17) is 4.98 Å². The fourth-order valence-electron chi connectivity index (χ4n) is 2.99. The van der Waals surface area contributed by atoms with Crippen LogP contribution in [0.1, 0.15) is 24.4 Å². The minimum absolute atomic E-state index is 0.0135. The summed E-state index contributed by atoms with van der Waals surface area (Å²) in [6, 6.07) is 14.4. The van der Waals surface area contributed by atoms with Crippen molar-refractivity contribution in [3.8, 4) is 10.4 Å². The highest BCUT2D eigenvalue weighted by Gasteiger charge is 2.18. The first-order chi connectivity index (χ1) is 12.6. The molecule has 4 rings (SSSR count). The van der Waals surface area contributed by atoms with Gasteiger partial charge >= 0.3 is 0 Å². The van der Waals surface area contributed by atoms with Crippen LogP contribution in [-0.4, -0.2) is 21.9 Å². The van der Waals surface area contributed by atoms with Crippen LogP contribution in [0, 0.1) is 0 Å². The normalized spacial score (nSPS) is 12.7. The van der Waals surface area contributed by atoms with Gasteiger partial charge in [0, 0.05) is 22.4 Å². The number of fused-ring (bicyclic) bond motifs is 1. The number of benzene rings is 1. The van der Waals surface area contributed by atoms with Crippen molar-refractivity contribution in [2.24, 2.45) is 0 Å². The third kappa shape index (κ3) is 3.23. The smallest absolute Gasteiger partial charge is 0.260 e. The standard InChI is InChI=1S/C20H19N3OS2/c1-13(23(2)11-14-7-4-3-5-8-14)18-21-19(24)17-15(12-26-20(17)22-18)16-9-6-10-25-16/h3-10,12-13H,11H2,1-2H3,(H,21,22,24)/t13-/m0/s1. The predicted molar refractivity (Wildman–Crippen MR) is 110 cm³/mol. The summed E-state index contributed by atoms with van der Waals surface area (Å²) in [5, 5.41) is 4.75. The van der Waals surface area contributed by atoms with Crippen LogP contribution in [0.2, 0.25) is 0 Å².